The van der Waals surface area contributed by atoms with Gasteiger partial charge in [0.05, 0.1) is 39.4 Å². The molecule has 3 aromatic heterocycles. The summed E-state index contributed by atoms with van der Waals surface area (Å²) in [6.45, 7) is 3.29. The van der Waals surface area contributed by atoms with Crippen LogP contribution in [0.3, 0.4) is 0 Å². The van der Waals surface area contributed by atoms with Gasteiger partial charge in [0.2, 0.25) is 5.91 Å². The van der Waals surface area contributed by atoms with Gasteiger partial charge in [0, 0.05) is 23.9 Å². The summed E-state index contributed by atoms with van der Waals surface area (Å²) in [5.74, 6) is 1.08. The first-order valence-corrected chi connectivity index (χ1v) is 12.9. The molecular weight excluding hydrogens is 480 g/mol. The number of hydrogen-bond acceptors (Lipinski definition) is 9. The van der Waals surface area contributed by atoms with E-state index in [-0.39, 0.29) is 11.3 Å². The van der Waals surface area contributed by atoms with Crippen molar-refractivity contribution >= 4 is 72.3 Å². The Balaban J connectivity index is 1.17. The lowest BCUT2D eigenvalue weighted by Gasteiger charge is -2.55. The molecule has 0 unspecified atom stereocenters. The maximum absolute atomic E-state index is 13.1. The van der Waals surface area contributed by atoms with Gasteiger partial charge >= 0.3 is 0 Å². The van der Waals surface area contributed by atoms with Crippen molar-refractivity contribution in [2.45, 2.75) is 19.3 Å². The first-order valence-electron chi connectivity index (χ1n) is 10.9. The zero-order valence-corrected chi connectivity index (χ0v) is 19.9. The highest BCUT2D eigenvalue weighted by Crippen LogP contribution is 2.43. The van der Waals surface area contributed by atoms with Gasteiger partial charge in [0.15, 0.2) is 0 Å². The standard InChI is InChI=1S/C22H19ClN6O2S2/c23-13-4-15-17(33-28-27-15)5-14(13)26-19-18-12-2-1-11(3-16(12)32-20(18)25-10-24-19)21(30)29-6-22(7-29)8-31-9-22/h4-5,10-11H,1-3,6-9H2,(H,24,25,26)/t11-/m0/s1. The maximum atomic E-state index is 13.1. The number of ether oxygens (including phenoxy) is 1. The van der Waals surface area contributed by atoms with Gasteiger partial charge in [-0.25, -0.2) is 9.97 Å². The highest BCUT2D eigenvalue weighted by atomic mass is 35.5. The van der Waals surface area contributed by atoms with Gasteiger partial charge < -0.3 is 15.0 Å². The van der Waals surface area contributed by atoms with Gasteiger partial charge in [0.25, 0.3) is 0 Å². The number of amides is 1. The number of hydrogen-bond donors (Lipinski definition) is 1. The number of benzene rings is 1. The molecule has 168 valence electrons. The molecule has 7 rings (SSSR count). The SMILES string of the molecule is O=C([C@H]1CCc2c(sc3ncnc(Nc4cc5snnc5cc4Cl)c23)C1)N1CC2(COC2)C1. The summed E-state index contributed by atoms with van der Waals surface area (Å²) in [5.41, 5.74) is 3.06. The summed E-state index contributed by atoms with van der Waals surface area (Å²) < 4.78 is 10.3. The summed E-state index contributed by atoms with van der Waals surface area (Å²) in [4.78, 5) is 26.4. The van der Waals surface area contributed by atoms with Crippen molar-refractivity contribution in [1.29, 1.82) is 0 Å². The van der Waals surface area contributed by atoms with Crippen molar-refractivity contribution in [1.82, 2.24) is 24.5 Å². The largest absolute Gasteiger partial charge is 0.380 e. The third-order valence-corrected chi connectivity index (χ3v) is 9.13. The van der Waals surface area contributed by atoms with E-state index in [0.717, 1.165) is 77.5 Å². The van der Waals surface area contributed by atoms with Crippen LogP contribution in [0.1, 0.15) is 16.9 Å². The number of fused-ring (bicyclic) bond motifs is 4. The minimum absolute atomic E-state index is 0.0453. The molecule has 5 heterocycles. The number of thiophene rings is 1. The summed E-state index contributed by atoms with van der Waals surface area (Å²) in [5, 5.41) is 9.10. The molecule has 8 nitrogen and oxygen atoms in total. The van der Waals surface area contributed by atoms with E-state index in [2.05, 4.69) is 24.9 Å². The average molecular weight is 499 g/mol. The summed E-state index contributed by atoms with van der Waals surface area (Å²) in [6.07, 6.45) is 4.05. The molecule has 1 spiro atoms. The van der Waals surface area contributed by atoms with Gasteiger partial charge in [-0.15, -0.1) is 16.4 Å². The quantitative estimate of drug-likeness (QED) is 0.455. The number of carbonyl (C=O) groups is 1. The lowest BCUT2D eigenvalue weighted by atomic mass is 9.76. The molecule has 0 radical (unpaired) electrons. The maximum Gasteiger partial charge on any atom is 0.226 e. The predicted molar refractivity (Wildman–Crippen MR) is 128 cm³/mol. The normalized spacial score (nSPS) is 21.1. The lowest BCUT2D eigenvalue weighted by molar-refractivity contribution is -0.197. The molecule has 0 bridgehead atoms. The topological polar surface area (TPSA) is 93.1 Å². The van der Waals surface area contributed by atoms with Crippen molar-refractivity contribution in [2.75, 3.05) is 31.6 Å². The third-order valence-electron chi connectivity index (χ3n) is 6.96. The Morgan fingerprint density at radius 1 is 1.27 bits per heavy atom. The van der Waals surface area contributed by atoms with E-state index in [1.807, 2.05) is 17.0 Å². The molecule has 1 aliphatic carbocycles. The van der Waals surface area contributed by atoms with Crippen molar-refractivity contribution < 1.29 is 9.53 Å². The number of aryl methyl sites for hydroxylation is 1. The van der Waals surface area contributed by atoms with Crippen LogP contribution in [-0.4, -0.2) is 56.7 Å². The van der Waals surface area contributed by atoms with E-state index in [1.54, 1.807) is 17.7 Å². The molecule has 3 aliphatic rings. The average Bonchev–Trinajstić information content (AvgIpc) is 3.35. The molecule has 11 heteroatoms. The number of nitrogens with zero attached hydrogens (tertiary/aromatic N) is 5. The number of likely N-dealkylation sites (tertiary alicyclic amines) is 1. The van der Waals surface area contributed by atoms with Gasteiger partial charge in [-0.05, 0) is 48.5 Å². The second kappa shape index (κ2) is 7.30. The van der Waals surface area contributed by atoms with Crippen LogP contribution < -0.4 is 5.32 Å². The molecule has 1 atom stereocenters. The highest BCUT2D eigenvalue weighted by molar-refractivity contribution is 7.19. The van der Waals surface area contributed by atoms with Crippen LogP contribution in [0.15, 0.2) is 18.5 Å². The van der Waals surface area contributed by atoms with Crippen LogP contribution in [0.25, 0.3) is 20.4 Å². The Labute approximate surface area is 202 Å². The number of halogens is 1. The smallest absolute Gasteiger partial charge is 0.226 e. The van der Waals surface area contributed by atoms with Crippen molar-refractivity contribution in [2.24, 2.45) is 11.3 Å². The van der Waals surface area contributed by atoms with E-state index >= 15 is 0 Å². The first kappa shape index (κ1) is 20.0. The lowest BCUT2D eigenvalue weighted by Crippen LogP contribution is -2.68. The molecule has 2 fully saturated rings. The minimum atomic E-state index is 0.0453. The molecule has 2 aliphatic heterocycles. The Bertz CT molecular complexity index is 1420. The van der Waals surface area contributed by atoms with Gasteiger partial charge in [-0.3, -0.25) is 4.79 Å². The van der Waals surface area contributed by atoms with Crippen LogP contribution in [0.4, 0.5) is 11.5 Å². The minimum Gasteiger partial charge on any atom is -0.380 e. The fourth-order valence-electron chi connectivity index (χ4n) is 5.19. The number of aromatic nitrogens is 4. The van der Waals surface area contributed by atoms with Gasteiger partial charge in [0.1, 0.15) is 22.5 Å². The van der Waals surface area contributed by atoms with E-state index in [9.17, 15) is 4.79 Å². The molecule has 33 heavy (non-hydrogen) atoms. The number of rotatable bonds is 3. The van der Waals surface area contributed by atoms with Crippen LogP contribution in [-0.2, 0) is 22.4 Å². The second-order valence-electron chi connectivity index (χ2n) is 9.23. The van der Waals surface area contributed by atoms with E-state index in [0.29, 0.717) is 10.9 Å². The Kier molecular flexibility index (Phi) is 4.43. The molecule has 1 aromatic carbocycles. The summed E-state index contributed by atoms with van der Waals surface area (Å²) >= 11 is 9.51. The van der Waals surface area contributed by atoms with Crippen molar-refractivity contribution in [3.63, 3.8) is 0 Å². The van der Waals surface area contributed by atoms with Crippen molar-refractivity contribution in [3.05, 3.63) is 33.9 Å². The van der Waals surface area contributed by atoms with Crippen LogP contribution in [0.2, 0.25) is 5.02 Å². The molecule has 1 N–H and O–H groups in total. The van der Waals surface area contributed by atoms with Crippen LogP contribution in [0.5, 0.6) is 0 Å². The van der Waals surface area contributed by atoms with Crippen LogP contribution >= 0.6 is 34.5 Å². The first-order chi connectivity index (χ1) is 16.1. The fraction of sp³-hybridized carbons (Fsp3) is 0.409. The fourth-order valence-corrected chi connectivity index (χ4v) is 7.25. The monoisotopic (exact) mass is 498 g/mol. The summed E-state index contributed by atoms with van der Waals surface area (Å²) in [6, 6.07) is 3.77. The van der Waals surface area contributed by atoms with Gasteiger partial charge in [-0.2, -0.15) is 0 Å². The molecule has 2 saturated heterocycles. The molecule has 4 aromatic rings. The van der Waals surface area contributed by atoms with E-state index in [4.69, 9.17) is 16.3 Å². The van der Waals surface area contributed by atoms with Gasteiger partial charge in [-0.1, -0.05) is 16.1 Å². The Morgan fingerprint density at radius 3 is 2.97 bits per heavy atom. The zero-order chi connectivity index (χ0) is 22.2. The number of carbonyl (C=O) groups excluding carboxylic acids is 1. The number of nitrogens with one attached hydrogen (secondary N) is 1. The number of anilines is 2. The molecule has 1 amide bonds. The third kappa shape index (κ3) is 3.15. The second-order valence-corrected chi connectivity index (χ2v) is 11.5. The van der Waals surface area contributed by atoms with E-state index in [1.165, 1.54) is 22.0 Å². The molecular formula is C22H19ClN6O2S2. The highest BCUT2D eigenvalue weighted by Gasteiger charge is 2.51. The predicted octanol–water partition coefficient (Wildman–Crippen LogP) is 4.06. The Hall–Kier alpha value is -2.40. The molecule has 0 saturated carbocycles. The Morgan fingerprint density at radius 2 is 2.15 bits per heavy atom. The van der Waals surface area contributed by atoms with Crippen LogP contribution in [0, 0.1) is 11.3 Å². The van der Waals surface area contributed by atoms with E-state index < -0.39 is 0 Å². The zero-order valence-electron chi connectivity index (χ0n) is 17.5. The summed E-state index contributed by atoms with van der Waals surface area (Å²) in [7, 11) is 0. The van der Waals surface area contributed by atoms with Crippen molar-refractivity contribution in [3.8, 4) is 0 Å².